The van der Waals surface area contributed by atoms with Gasteiger partial charge in [0.2, 0.25) is 11.8 Å². The van der Waals surface area contributed by atoms with E-state index in [1.165, 1.54) is 0 Å². The van der Waals surface area contributed by atoms with Gasteiger partial charge in [-0.25, -0.2) is 0 Å². The minimum Gasteiger partial charge on any atom is -0.493 e. The lowest BCUT2D eigenvalue weighted by Crippen LogP contribution is -2.40. The van der Waals surface area contributed by atoms with Gasteiger partial charge in [-0.15, -0.1) is 0 Å². The number of carbonyl (C=O) groups is 2. The quantitative estimate of drug-likeness (QED) is 0.730. The Morgan fingerprint density at radius 1 is 1.00 bits per heavy atom. The summed E-state index contributed by atoms with van der Waals surface area (Å²) in [5.41, 5.74) is 2.94. The van der Waals surface area contributed by atoms with Crippen LogP contribution >= 0.6 is 0 Å². The van der Waals surface area contributed by atoms with Gasteiger partial charge in [-0.1, -0.05) is 0 Å². The van der Waals surface area contributed by atoms with Gasteiger partial charge in [0.1, 0.15) is 13.2 Å². The maximum Gasteiger partial charge on any atom is 0.228 e. The minimum atomic E-state index is -0.364. The monoisotopic (exact) mass is 438 g/mol. The zero-order valence-electron chi connectivity index (χ0n) is 18.3. The molecule has 32 heavy (non-hydrogen) atoms. The zero-order valence-corrected chi connectivity index (χ0v) is 18.3. The molecule has 3 aliphatic heterocycles. The molecule has 0 aromatic heterocycles. The summed E-state index contributed by atoms with van der Waals surface area (Å²) in [4.78, 5) is 29.6. The molecule has 5 rings (SSSR count). The van der Waals surface area contributed by atoms with Gasteiger partial charge in [0.25, 0.3) is 0 Å². The fraction of sp³-hybridized carbons (Fsp3) is 0.417. The van der Waals surface area contributed by atoms with Crippen LogP contribution in [0.25, 0.3) is 0 Å². The van der Waals surface area contributed by atoms with Crippen LogP contribution in [0.2, 0.25) is 0 Å². The zero-order chi connectivity index (χ0) is 22.2. The number of ether oxygens (including phenoxy) is 4. The van der Waals surface area contributed by atoms with E-state index in [-0.39, 0.29) is 24.2 Å². The highest BCUT2D eigenvalue weighted by Crippen LogP contribution is 2.37. The number of amides is 2. The Kier molecular flexibility index (Phi) is 5.28. The molecular formula is C24H26N2O6. The lowest BCUT2D eigenvalue weighted by molar-refractivity contribution is -0.136. The summed E-state index contributed by atoms with van der Waals surface area (Å²) < 4.78 is 22.0. The number of rotatable bonds is 4. The summed E-state index contributed by atoms with van der Waals surface area (Å²) in [5.74, 6) is 2.26. The average molecular weight is 438 g/mol. The number of benzene rings is 2. The minimum absolute atomic E-state index is 0.0128. The maximum absolute atomic E-state index is 13.3. The Labute approximate surface area is 186 Å². The highest BCUT2D eigenvalue weighted by molar-refractivity contribution is 6.00. The highest BCUT2D eigenvalue weighted by Gasteiger charge is 2.38. The third-order valence-electron chi connectivity index (χ3n) is 6.34. The van der Waals surface area contributed by atoms with Gasteiger partial charge in [-0.2, -0.15) is 0 Å². The van der Waals surface area contributed by atoms with E-state index in [0.717, 1.165) is 23.2 Å². The van der Waals surface area contributed by atoms with Crippen LogP contribution in [-0.2, 0) is 22.6 Å². The third-order valence-corrected chi connectivity index (χ3v) is 6.34. The second-order valence-corrected chi connectivity index (χ2v) is 8.22. The van der Waals surface area contributed by atoms with Crippen molar-refractivity contribution in [2.75, 3.05) is 45.4 Å². The lowest BCUT2D eigenvalue weighted by Gasteiger charge is -2.31. The molecule has 0 saturated carbocycles. The Hall–Kier alpha value is -3.42. The van der Waals surface area contributed by atoms with Gasteiger partial charge in [0.15, 0.2) is 23.0 Å². The number of methoxy groups -OCH3 is 2. The molecule has 1 fully saturated rings. The highest BCUT2D eigenvalue weighted by atomic mass is 16.6. The molecule has 1 atom stereocenters. The fourth-order valence-electron chi connectivity index (χ4n) is 4.65. The van der Waals surface area contributed by atoms with Crippen molar-refractivity contribution in [3.05, 3.63) is 41.5 Å². The molecule has 0 bridgehead atoms. The van der Waals surface area contributed by atoms with E-state index in [0.29, 0.717) is 55.8 Å². The third kappa shape index (κ3) is 3.59. The first-order chi connectivity index (χ1) is 15.6. The number of hydrogen-bond donors (Lipinski definition) is 0. The molecule has 2 aromatic carbocycles. The van der Waals surface area contributed by atoms with Crippen LogP contribution in [0.1, 0.15) is 17.5 Å². The van der Waals surface area contributed by atoms with Crippen molar-refractivity contribution in [1.29, 1.82) is 0 Å². The number of hydrogen-bond acceptors (Lipinski definition) is 6. The summed E-state index contributed by atoms with van der Waals surface area (Å²) in [6.45, 7) is 2.49. The predicted molar refractivity (Wildman–Crippen MR) is 117 cm³/mol. The number of nitrogens with zero attached hydrogens (tertiary/aromatic N) is 2. The molecule has 0 N–H and O–H groups in total. The van der Waals surface area contributed by atoms with Crippen molar-refractivity contribution >= 4 is 17.5 Å². The van der Waals surface area contributed by atoms with E-state index < -0.39 is 0 Å². The molecule has 2 aromatic rings. The summed E-state index contributed by atoms with van der Waals surface area (Å²) >= 11 is 0. The Bertz CT molecular complexity index is 1070. The van der Waals surface area contributed by atoms with Crippen molar-refractivity contribution < 1.29 is 28.5 Å². The first kappa shape index (κ1) is 20.5. The van der Waals surface area contributed by atoms with Crippen molar-refractivity contribution in [1.82, 2.24) is 4.90 Å². The van der Waals surface area contributed by atoms with Crippen LogP contribution in [0.15, 0.2) is 30.3 Å². The molecule has 8 nitrogen and oxygen atoms in total. The Balaban J connectivity index is 1.30. The largest absolute Gasteiger partial charge is 0.493 e. The van der Waals surface area contributed by atoms with E-state index >= 15 is 0 Å². The first-order valence-electron chi connectivity index (χ1n) is 10.8. The molecule has 8 heteroatoms. The molecule has 0 spiro atoms. The Morgan fingerprint density at radius 3 is 2.47 bits per heavy atom. The smallest absolute Gasteiger partial charge is 0.228 e. The Morgan fingerprint density at radius 2 is 1.72 bits per heavy atom. The van der Waals surface area contributed by atoms with Gasteiger partial charge >= 0.3 is 0 Å². The van der Waals surface area contributed by atoms with E-state index in [2.05, 4.69) is 0 Å². The molecule has 2 amide bonds. The van der Waals surface area contributed by atoms with Crippen molar-refractivity contribution in [2.24, 2.45) is 5.92 Å². The summed E-state index contributed by atoms with van der Waals surface area (Å²) in [6, 6.07) is 9.40. The molecule has 0 radical (unpaired) electrons. The fourth-order valence-corrected chi connectivity index (χ4v) is 4.65. The van der Waals surface area contributed by atoms with Crippen LogP contribution in [0, 0.1) is 5.92 Å². The SMILES string of the molecule is COc1cc2c(cc1OC)CN(C(=O)[C@@H]1CC(=O)N(c3ccc4c(c3)OCCO4)C1)CC2. The number of anilines is 1. The molecule has 168 valence electrons. The van der Waals surface area contributed by atoms with Crippen LogP contribution < -0.4 is 23.8 Å². The van der Waals surface area contributed by atoms with Gasteiger partial charge < -0.3 is 28.7 Å². The molecule has 0 aliphatic carbocycles. The number of fused-ring (bicyclic) bond motifs is 2. The van der Waals surface area contributed by atoms with E-state index in [1.54, 1.807) is 19.1 Å². The van der Waals surface area contributed by atoms with Gasteiger partial charge in [0, 0.05) is 37.8 Å². The van der Waals surface area contributed by atoms with Gasteiger partial charge in [-0.05, 0) is 41.8 Å². The van der Waals surface area contributed by atoms with Crippen LogP contribution in [0.5, 0.6) is 23.0 Å². The summed E-state index contributed by atoms with van der Waals surface area (Å²) in [5, 5.41) is 0. The maximum atomic E-state index is 13.3. The normalized spacial score (nSPS) is 19.6. The standard InChI is InChI=1S/C24H26N2O6/c1-29-20-9-15-5-6-25(13-16(15)10-21(20)30-2)24(28)17-11-23(27)26(14-17)18-3-4-19-22(12-18)32-8-7-31-19/h3-4,9-10,12,17H,5-8,11,13-14H2,1-2H3/t17-/m1/s1. The molecule has 0 unspecified atom stereocenters. The molecular weight excluding hydrogens is 412 g/mol. The second-order valence-electron chi connectivity index (χ2n) is 8.22. The van der Waals surface area contributed by atoms with E-state index in [4.69, 9.17) is 18.9 Å². The predicted octanol–water partition coefficient (Wildman–Crippen LogP) is 2.41. The van der Waals surface area contributed by atoms with Crippen molar-refractivity contribution in [2.45, 2.75) is 19.4 Å². The number of carbonyl (C=O) groups excluding carboxylic acids is 2. The van der Waals surface area contributed by atoms with Crippen molar-refractivity contribution in [3.63, 3.8) is 0 Å². The summed E-state index contributed by atoms with van der Waals surface area (Å²) in [6.07, 6.45) is 0.955. The van der Waals surface area contributed by atoms with Crippen LogP contribution in [0.4, 0.5) is 5.69 Å². The molecule has 1 saturated heterocycles. The van der Waals surface area contributed by atoms with Crippen LogP contribution in [-0.4, -0.2) is 57.2 Å². The lowest BCUT2D eigenvalue weighted by atomic mass is 9.97. The van der Waals surface area contributed by atoms with E-state index in [9.17, 15) is 9.59 Å². The molecule has 3 heterocycles. The molecule has 3 aliphatic rings. The van der Waals surface area contributed by atoms with Crippen LogP contribution in [0.3, 0.4) is 0 Å². The summed E-state index contributed by atoms with van der Waals surface area (Å²) in [7, 11) is 3.22. The van der Waals surface area contributed by atoms with Gasteiger partial charge in [0.05, 0.1) is 20.1 Å². The average Bonchev–Trinajstić information content (AvgIpc) is 3.23. The topological polar surface area (TPSA) is 77.5 Å². The second kappa shape index (κ2) is 8.26. The van der Waals surface area contributed by atoms with Crippen molar-refractivity contribution in [3.8, 4) is 23.0 Å². The van der Waals surface area contributed by atoms with E-state index in [1.807, 2.05) is 35.2 Å². The first-order valence-corrected chi connectivity index (χ1v) is 10.8. The van der Waals surface area contributed by atoms with Gasteiger partial charge in [-0.3, -0.25) is 9.59 Å².